The van der Waals surface area contributed by atoms with Crippen molar-refractivity contribution >= 4 is 22.5 Å². The summed E-state index contributed by atoms with van der Waals surface area (Å²) in [5.74, 6) is -0.188. The zero-order valence-electron chi connectivity index (χ0n) is 17.2. The van der Waals surface area contributed by atoms with E-state index < -0.39 is 0 Å². The predicted molar refractivity (Wildman–Crippen MR) is 117 cm³/mol. The van der Waals surface area contributed by atoms with Crippen LogP contribution in [0.3, 0.4) is 0 Å². The maximum atomic E-state index is 12.0. The fraction of sp³-hybridized carbons (Fsp3) is 0.364. The summed E-state index contributed by atoms with van der Waals surface area (Å²) < 4.78 is 0. The van der Waals surface area contributed by atoms with E-state index in [2.05, 4.69) is 30.9 Å². The monoisotopic (exact) mass is 406 g/mol. The third kappa shape index (κ3) is 4.33. The molecule has 4 rings (SSSR count). The number of amides is 1. The summed E-state index contributed by atoms with van der Waals surface area (Å²) in [5.41, 5.74) is 3.81. The third-order valence-electron chi connectivity index (χ3n) is 5.55. The van der Waals surface area contributed by atoms with Crippen LogP contribution in [0.25, 0.3) is 10.9 Å². The fourth-order valence-corrected chi connectivity index (χ4v) is 3.68. The Labute approximate surface area is 174 Å². The summed E-state index contributed by atoms with van der Waals surface area (Å²) in [6.45, 7) is 2.63. The predicted octanol–water partition coefficient (Wildman–Crippen LogP) is 1.97. The number of anilines is 1. The average Bonchev–Trinajstić information content (AvgIpc) is 2.74. The zero-order valence-corrected chi connectivity index (χ0v) is 17.2. The topological polar surface area (TPSA) is 112 Å². The summed E-state index contributed by atoms with van der Waals surface area (Å²) >= 11 is 0. The average molecular weight is 406 g/mol. The van der Waals surface area contributed by atoms with Crippen LogP contribution in [0.4, 0.5) is 5.69 Å². The second-order valence-corrected chi connectivity index (χ2v) is 7.64. The van der Waals surface area contributed by atoms with Crippen LogP contribution in [0.15, 0.2) is 41.5 Å². The molecule has 1 aliphatic rings. The summed E-state index contributed by atoms with van der Waals surface area (Å²) in [7, 11) is 1.59. The maximum absolute atomic E-state index is 12.0. The first-order valence-corrected chi connectivity index (χ1v) is 10.2. The number of aryl methyl sites for hydroxylation is 1. The molecule has 1 amide bonds. The Balaban J connectivity index is 1.27. The van der Waals surface area contributed by atoms with Crippen LogP contribution in [0.2, 0.25) is 0 Å². The van der Waals surface area contributed by atoms with E-state index >= 15 is 0 Å². The van der Waals surface area contributed by atoms with Gasteiger partial charge in [-0.25, -0.2) is 4.98 Å². The van der Waals surface area contributed by atoms with E-state index in [9.17, 15) is 9.59 Å². The van der Waals surface area contributed by atoms with Crippen molar-refractivity contribution in [3.63, 3.8) is 0 Å². The van der Waals surface area contributed by atoms with Gasteiger partial charge in [-0.05, 0) is 43.5 Å². The van der Waals surface area contributed by atoms with E-state index in [1.165, 1.54) is 0 Å². The smallest absolute Gasteiger partial charge is 0.269 e. The van der Waals surface area contributed by atoms with Crippen LogP contribution in [-0.4, -0.2) is 40.0 Å². The summed E-state index contributed by atoms with van der Waals surface area (Å²) in [6, 6.07) is 8.24. The van der Waals surface area contributed by atoms with Gasteiger partial charge in [-0.3, -0.25) is 14.6 Å². The van der Waals surface area contributed by atoms with Gasteiger partial charge in [0.25, 0.3) is 11.5 Å². The molecule has 1 saturated carbocycles. The van der Waals surface area contributed by atoms with Crippen molar-refractivity contribution < 1.29 is 4.79 Å². The molecule has 1 aliphatic carbocycles. The largest absolute Gasteiger partial charge is 0.381 e. The van der Waals surface area contributed by atoms with Crippen molar-refractivity contribution in [1.29, 1.82) is 0 Å². The summed E-state index contributed by atoms with van der Waals surface area (Å²) in [6.07, 6.45) is 6.22. The molecule has 156 valence electrons. The molecule has 3 heterocycles. The number of nitrogens with one attached hydrogen (secondary N) is 4. The number of aromatic nitrogens is 3. The second-order valence-electron chi connectivity index (χ2n) is 7.64. The van der Waals surface area contributed by atoms with Crippen LogP contribution in [0.1, 0.15) is 41.5 Å². The Morgan fingerprint density at radius 1 is 1.17 bits per heavy atom. The Bertz CT molecular complexity index is 1100. The van der Waals surface area contributed by atoms with Crippen molar-refractivity contribution in [1.82, 2.24) is 25.6 Å². The Hall–Kier alpha value is -3.26. The summed E-state index contributed by atoms with van der Waals surface area (Å²) in [4.78, 5) is 35.2. The quantitative estimate of drug-likeness (QED) is 0.477. The normalized spacial score (nSPS) is 18.1. The van der Waals surface area contributed by atoms with E-state index in [1.807, 2.05) is 31.3 Å². The van der Waals surface area contributed by atoms with Crippen LogP contribution < -0.4 is 21.5 Å². The molecular weight excluding hydrogens is 380 g/mol. The maximum Gasteiger partial charge on any atom is 0.269 e. The number of fused-ring (bicyclic) bond motifs is 1. The molecule has 3 aromatic rings. The van der Waals surface area contributed by atoms with Gasteiger partial charge in [-0.2, -0.15) is 0 Å². The number of aromatic amines is 1. The molecule has 1 fully saturated rings. The van der Waals surface area contributed by atoms with Crippen LogP contribution in [-0.2, 0) is 13.0 Å². The van der Waals surface area contributed by atoms with Crippen molar-refractivity contribution in [2.45, 2.75) is 44.8 Å². The molecule has 30 heavy (non-hydrogen) atoms. The highest BCUT2D eigenvalue weighted by molar-refractivity contribution is 5.92. The number of hydrogen-bond acceptors (Lipinski definition) is 6. The molecule has 0 unspecified atom stereocenters. The van der Waals surface area contributed by atoms with Crippen molar-refractivity contribution in [2.24, 2.45) is 0 Å². The Morgan fingerprint density at radius 3 is 2.70 bits per heavy atom. The highest BCUT2D eigenvalue weighted by Crippen LogP contribution is 2.24. The van der Waals surface area contributed by atoms with Gasteiger partial charge in [0, 0.05) is 42.8 Å². The van der Waals surface area contributed by atoms with E-state index in [1.54, 1.807) is 19.3 Å². The molecule has 0 radical (unpaired) electrons. The molecule has 3 aromatic heterocycles. The molecule has 0 aliphatic heterocycles. The van der Waals surface area contributed by atoms with Crippen molar-refractivity contribution in [3.8, 4) is 0 Å². The standard InChI is InChI=1S/C22H26N6O2/c1-3-13-6-14-10-24-18(9-20(14)28-21(13)29)12-25-16-7-17(8-16)27-15-4-5-19(26-11-15)22(30)23-2/h4-6,9-11,16-17,25,27H,3,7-8,12H2,1-2H3,(H,23,30)(H,28,29). The van der Waals surface area contributed by atoms with Gasteiger partial charge in [-0.15, -0.1) is 0 Å². The van der Waals surface area contributed by atoms with Gasteiger partial charge in [0.05, 0.1) is 23.1 Å². The molecule has 0 aromatic carbocycles. The van der Waals surface area contributed by atoms with E-state index in [-0.39, 0.29) is 11.5 Å². The minimum Gasteiger partial charge on any atom is -0.381 e. The fourth-order valence-electron chi connectivity index (χ4n) is 3.68. The van der Waals surface area contributed by atoms with Crippen molar-refractivity contribution in [3.05, 3.63) is 64.0 Å². The third-order valence-corrected chi connectivity index (χ3v) is 5.55. The van der Waals surface area contributed by atoms with Gasteiger partial charge >= 0.3 is 0 Å². The first-order chi connectivity index (χ1) is 14.6. The highest BCUT2D eigenvalue weighted by Gasteiger charge is 2.28. The molecule has 8 heteroatoms. The Kier molecular flexibility index (Phi) is 5.76. The van der Waals surface area contributed by atoms with Crippen molar-refractivity contribution in [2.75, 3.05) is 12.4 Å². The SMILES string of the molecule is CCc1cc2cnc(CNC3CC(Nc4ccc(C(=O)NC)nc4)C3)cc2[nH]c1=O. The van der Waals surface area contributed by atoms with E-state index in [4.69, 9.17) is 0 Å². The molecule has 0 saturated heterocycles. The second kappa shape index (κ2) is 8.62. The molecule has 4 N–H and O–H groups in total. The number of hydrogen-bond donors (Lipinski definition) is 4. The molecule has 0 bridgehead atoms. The van der Waals surface area contributed by atoms with Crippen LogP contribution >= 0.6 is 0 Å². The van der Waals surface area contributed by atoms with Gasteiger partial charge in [0.15, 0.2) is 0 Å². The first kappa shape index (κ1) is 20.0. The first-order valence-electron chi connectivity index (χ1n) is 10.2. The zero-order chi connectivity index (χ0) is 21.1. The van der Waals surface area contributed by atoms with Gasteiger partial charge in [0.2, 0.25) is 0 Å². The summed E-state index contributed by atoms with van der Waals surface area (Å²) in [5, 5.41) is 10.5. The van der Waals surface area contributed by atoms with Gasteiger partial charge in [0.1, 0.15) is 5.69 Å². The van der Waals surface area contributed by atoms with Crippen LogP contribution in [0.5, 0.6) is 0 Å². The number of H-pyrrole nitrogens is 1. The lowest BCUT2D eigenvalue weighted by atomic mass is 9.86. The van der Waals surface area contributed by atoms with E-state index in [0.29, 0.717) is 30.7 Å². The van der Waals surface area contributed by atoms with Gasteiger partial charge in [-0.1, -0.05) is 6.92 Å². The minimum atomic E-state index is -0.188. The van der Waals surface area contributed by atoms with Crippen LogP contribution in [0, 0.1) is 0 Å². The van der Waals surface area contributed by atoms with Gasteiger partial charge < -0.3 is 20.9 Å². The minimum absolute atomic E-state index is 0.0270. The molecular formula is C22H26N6O2. The lowest BCUT2D eigenvalue weighted by Gasteiger charge is -2.37. The molecule has 0 atom stereocenters. The Morgan fingerprint density at radius 2 is 2.00 bits per heavy atom. The van der Waals surface area contributed by atoms with E-state index in [0.717, 1.165) is 40.7 Å². The number of carbonyl (C=O) groups is 1. The lowest BCUT2D eigenvalue weighted by molar-refractivity contribution is 0.0958. The highest BCUT2D eigenvalue weighted by atomic mass is 16.1. The molecule has 8 nitrogen and oxygen atoms in total. The number of rotatable bonds is 7. The number of carbonyl (C=O) groups excluding carboxylic acids is 1. The number of nitrogens with zero attached hydrogens (tertiary/aromatic N) is 2. The number of pyridine rings is 3. The molecule has 0 spiro atoms. The lowest BCUT2D eigenvalue weighted by Crippen LogP contribution is -2.47.